The predicted molar refractivity (Wildman–Crippen MR) is 64.9 cm³/mol. The van der Waals surface area contributed by atoms with Gasteiger partial charge in [-0.2, -0.15) is 0 Å². The van der Waals surface area contributed by atoms with Crippen LogP contribution in [0, 0.1) is 17.8 Å². The molecule has 1 fully saturated rings. The summed E-state index contributed by atoms with van der Waals surface area (Å²) < 4.78 is 5.47. The Morgan fingerprint density at radius 3 is 2.38 bits per heavy atom. The van der Waals surface area contributed by atoms with Gasteiger partial charge in [0.25, 0.3) is 0 Å². The van der Waals surface area contributed by atoms with Crippen molar-refractivity contribution in [1.82, 2.24) is 0 Å². The summed E-state index contributed by atoms with van der Waals surface area (Å²) in [5.74, 6) is 1.30. The first-order valence-corrected chi connectivity index (χ1v) is 6.38. The molecule has 1 saturated carbocycles. The Balaban J connectivity index is 2.40. The minimum Gasteiger partial charge on any atom is -0.461 e. The van der Waals surface area contributed by atoms with Gasteiger partial charge >= 0.3 is 5.97 Å². The van der Waals surface area contributed by atoms with Gasteiger partial charge in [-0.1, -0.05) is 27.7 Å². The lowest BCUT2D eigenvalue weighted by atomic mass is 9.80. The van der Waals surface area contributed by atoms with Gasteiger partial charge < -0.3 is 10.5 Å². The van der Waals surface area contributed by atoms with Crippen molar-refractivity contribution in [3.8, 4) is 0 Å². The largest absolute Gasteiger partial charge is 0.461 e. The lowest BCUT2D eigenvalue weighted by Gasteiger charge is -2.32. The summed E-state index contributed by atoms with van der Waals surface area (Å²) in [5, 5.41) is 0. The normalized spacial score (nSPS) is 32.5. The van der Waals surface area contributed by atoms with Crippen LogP contribution in [0.5, 0.6) is 0 Å². The zero-order chi connectivity index (χ0) is 12.3. The van der Waals surface area contributed by atoms with E-state index in [0.29, 0.717) is 5.92 Å². The number of carbonyl (C=O) groups excluding carboxylic acids is 1. The molecule has 2 N–H and O–H groups in total. The second-order valence-corrected chi connectivity index (χ2v) is 5.60. The fourth-order valence-electron chi connectivity index (χ4n) is 2.12. The molecule has 3 nitrogen and oxygen atoms in total. The van der Waals surface area contributed by atoms with Gasteiger partial charge in [0.05, 0.1) is 0 Å². The number of esters is 1. The molecule has 3 heteroatoms. The Bertz CT molecular complexity index is 240. The summed E-state index contributed by atoms with van der Waals surface area (Å²) in [5.41, 5.74) is 5.76. The average Bonchev–Trinajstić information content (AvgIpc) is 2.22. The average molecular weight is 227 g/mol. The maximum atomic E-state index is 11.7. The zero-order valence-corrected chi connectivity index (χ0v) is 10.9. The number of hydrogen-bond acceptors (Lipinski definition) is 3. The summed E-state index contributed by atoms with van der Waals surface area (Å²) in [6.45, 7) is 8.38. The van der Waals surface area contributed by atoms with Crippen molar-refractivity contribution in [2.24, 2.45) is 23.5 Å². The second kappa shape index (κ2) is 5.67. The van der Waals surface area contributed by atoms with Crippen molar-refractivity contribution >= 4 is 5.97 Å². The maximum absolute atomic E-state index is 11.7. The summed E-state index contributed by atoms with van der Waals surface area (Å²) >= 11 is 0. The van der Waals surface area contributed by atoms with Crippen molar-refractivity contribution in [1.29, 1.82) is 0 Å². The first-order valence-electron chi connectivity index (χ1n) is 6.38. The Kier molecular flexibility index (Phi) is 4.78. The van der Waals surface area contributed by atoms with Gasteiger partial charge in [-0.15, -0.1) is 0 Å². The molecule has 16 heavy (non-hydrogen) atoms. The minimum absolute atomic E-state index is 0.0866. The SMILES string of the molecule is CC1CCC(OC(=O)[C@@H](N)C(C)C)CC1C. The third-order valence-electron chi connectivity index (χ3n) is 3.82. The first-order chi connectivity index (χ1) is 7.41. The molecule has 0 radical (unpaired) electrons. The van der Waals surface area contributed by atoms with Gasteiger partial charge in [0.2, 0.25) is 0 Å². The predicted octanol–water partition coefficient (Wildman–Crippen LogP) is 2.34. The number of carbonyl (C=O) groups is 1. The van der Waals surface area contributed by atoms with Gasteiger partial charge in [-0.3, -0.25) is 4.79 Å². The van der Waals surface area contributed by atoms with Crippen molar-refractivity contribution in [2.75, 3.05) is 0 Å². The molecule has 0 amide bonds. The van der Waals surface area contributed by atoms with E-state index < -0.39 is 6.04 Å². The fourth-order valence-corrected chi connectivity index (χ4v) is 2.12. The highest BCUT2D eigenvalue weighted by Gasteiger charge is 2.29. The van der Waals surface area contributed by atoms with E-state index in [0.717, 1.165) is 25.2 Å². The van der Waals surface area contributed by atoms with E-state index in [1.807, 2.05) is 13.8 Å². The van der Waals surface area contributed by atoms with E-state index in [1.54, 1.807) is 0 Å². The number of nitrogens with two attached hydrogens (primary N) is 1. The van der Waals surface area contributed by atoms with E-state index in [9.17, 15) is 4.79 Å². The van der Waals surface area contributed by atoms with Gasteiger partial charge in [0.15, 0.2) is 0 Å². The van der Waals surface area contributed by atoms with Crippen LogP contribution in [0.3, 0.4) is 0 Å². The topological polar surface area (TPSA) is 52.3 Å². The fraction of sp³-hybridized carbons (Fsp3) is 0.923. The number of rotatable bonds is 3. The van der Waals surface area contributed by atoms with Crippen LogP contribution in [0.25, 0.3) is 0 Å². The molecule has 94 valence electrons. The molecule has 0 aromatic heterocycles. The molecule has 0 spiro atoms. The van der Waals surface area contributed by atoms with Crippen LogP contribution in [0.2, 0.25) is 0 Å². The summed E-state index contributed by atoms with van der Waals surface area (Å²) in [6.07, 6.45) is 3.21. The summed E-state index contributed by atoms with van der Waals surface area (Å²) in [4.78, 5) is 11.7. The van der Waals surface area contributed by atoms with Crippen LogP contribution < -0.4 is 5.73 Å². The van der Waals surface area contributed by atoms with Crippen molar-refractivity contribution in [2.45, 2.75) is 59.1 Å². The van der Waals surface area contributed by atoms with E-state index in [2.05, 4.69) is 13.8 Å². The van der Waals surface area contributed by atoms with Crippen molar-refractivity contribution in [3.63, 3.8) is 0 Å². The van der Waals surface area contributed by atoms with Gasteiger partial charge in [0, 0.05) is 0 Å². The van der Waals surface area contributed by atoms with Gasteiger partial charge in [-0.05, 0) is 37.0 Å². The van der Waals surface area contributed by atoms with Crippen molar-refractivity contribution < 1.29 is 9.53 Å². The highest BCUT2D eigenvalue weighted by Crippen LogP contribution is 2.31. The highest BCUT2D eigenvalue weighted by molar-refractivity contribution is 5.75. The molecular weight excluding hydrogens is 202 g/mol. The molecule has 3 unspecified atom stereocenters. The Labute approximate surface area is 98.7 Å². The third-order valence-corrected chi connectivity index (χ3v) is 3.82. The van der Waals surface area contributed by atoms with Crippen molar-refractivity contribution in [3.05, 3.63) is 0 Å². The van der Waals surface area contributed by atoms with Crippen LogP contribution in [-0.4, -0.2) is 18.1 Å². The molecule has 0 aromatic rings. The molecule has 0 aliphatic heterocycles. The number of hydrogen-bond donors (Lipinski definition) is 1. The van der Waals surface area contributed by atoms with E-state index in [-0.39, 0.29) is 18.0 Å². The lowest BCUT2D eigenvalue weighted by Crippen LogP contribution is -2.40. The molecule has 0 aromatic carbocycles. The molecule has 4 atom stereocenters. The molecule has 1 aliphatic carbocycles. The number of ether oxygens (including phenoxy) is 1. The Morgan fingerprint density at radius 2 is 1.88 bits per heavy atom. The standard InChI is InChI=1S/C13H25NO2/c1-8(2)12(14)13(15)16-11-6-5-9(3)10(4)7-11/h8-12H,5-7,14H2,1-4H3/t9?,10?,11?,12-/m0/s1. The zero-order valence-electron chi connectivity index (χ0n) is 10.9. The lowest BCUT2D eigenvalue weighted by molar-refractivity contribution is -0.154. The van der Waals surface area contributed by atoms with E-state index in [4.69, 9.17) is 10.5 Å². The minimum atomic E-state index is -0.477. The van der Waals surface area contributed by atoms with Crippen LogP contribution in [0.15, 0.2) is 0 Å². The molecule has 0 saturated heterocycles. The van der Waals surface area contributed by atoms with Crippen LogP contribution in [0.1, 0.15) is 47.0 Å². The first kappa shape index (κ1) is 13.5. The van der Waals surface area contributed by atoms with E-state index in [1.165, 1.54) is 0 Å². The van der Waals surface area contributed by atoms with Crippen LogP contribution in [0.4, 0.5) is 0 Å². The maximum Gasteiger partial charge on any atom is 0.323 e. The molecule has 0 heterocycles. The summed E-state index contributed by atoms with van der Waals surface area (Å²) in [6, 6.07) is -0.477. The van der Waals surface area contributed by atoms with Crippen LogP contribution in [-0.2, 0) is 9.53 Å². The monoisotopic (exact) mass is 227 g/mol. The second-order valence-electron chi connectivity index (χ2n) is 5.60. The molecule has 0 bridgehead atoms. The summed E-state index contributed by atoms with van der Waals surface area (Å²) in [7, 11) is 0. The van der Waals surface area contributed by atoms with Crippen LogP contribution >= 0.6 is 0 Å². The Hall–Kier alpha value is -0.570. The third kappa shape index (κ3) is 3.48. The smallest absolute Gasteiger partial charge is 0.323 e. The Morgan fingerprint density at radius 1 is 1.25 bits per heavy atom. The quantitative estimate of drug-likeness (QED) is 0.753. The van der Waals surface area contributed by atoms with Gasteiger partial charge in [0.1, 0.15) is 12.1 Å². The highest BCUT2D eigenvalue weighted by atomic mass is 16.5. The molecular formula is C13H25NO2. The van der Waals surface area contributed by atoms with Gasteiger partial charge in [-0.25, -0.2) is 0 Å². The molecule has 1 aliphatic rings. The van der Waals surface area contributed by atoms with E-state index >= 15 is 0 Å². The molecule has 1 rings (SSSR count).